The van der Waals surface area contributed by atoms with E-state index in [-0.39, 0.29) is 51.3 Å². The Labute approximate surface area is 297 Å². The molecule has 0 spiro atoms. The van der Waals surface area contributed by atoms with Crippen LogP contribution in [0.1, 0.15) is 50.0 Å². The van der Waals surface area contributed by atoms with Crippen molar-refractivity contribution in [2.75, 3.05) is 38.8 Å². The molecule has 3 aliphatic heterocycles. The Morgan fingerprint density at radius 3 is 2.35 bits per heavy atom. The number of aromatic hydroxyl groups is 1. The van der Waals surface area contributed by atoms with Gasteiger partial charge in [0.25, 0.3) is 0 Å². The fourth-order valence-electron chi connectivity index (χ4n) is 6.71. The van der Waals surface area contributed by atoms with Crippen LogP contribution in [0.5, 0.6) is 17.2 Å². The van der Waals surface area contributed by atoms with E-state index in [2.05, 4.69) is 4.90 Å². The standard InChI is InChI=1S/C35H35Cl2N3O8S/c1-46-30-8-7-21(13-31(30)47-2)23(15-25-26(36)17-39(45)18-27(25)37)24-14-22(49-33(24)34(42)43)16-40(28-5-3-4-6-29(28)41)35(44)48-32-19-38-11-9-20(32)10-12-38/h3-8,13-14,17-18,20,23,32H,9-12,15-16,19H2,1-2H3,(H2-,41,42,43,45)/p+1/t23-,32-/m0/s1. The minimum absolute atomic E-state index is 0.0539. The van der Waals surface area contributed by atoms with Crippen LogP contribution in [0.25, 0.3) is 0 Å². The van der Waals surface area contributed by atoms with Crippen molar-refractivity contribution in [1.82, 2.24) is 4.90 Å². The zero-order valence-electron chi connectivity index (χ0n) is 26.8. The second-order valence-corrected chi connectivity index (χ2v) is 14.1. The third kappa shape index (κ3) is 7.37. The minimum Gasteiger partial charge on any atom is -0.506 e. The van der Waals surface area contributed by atoms with Gasteiger partial charge in [-0.15, -0.1) is 11.3 Å². The van der Waals surface area contributed by atoms with E-state index in [0.717, 1.165) is 42.0 Å². The molecule has 14 heteroatoms. The summed E-state index contributed by atoms with van der Waals surface area (Å²) < 4.78 is 17.8. The van der Waals surface area contributed by atoms with Crippen LogP contribution in [0.4, 0.5) is 10.5 Å². The number of halogens is 2. The number of fused-ring (bicyclic) bond motifs is 3. The highest BCUT2D eigenvalue weighted by molar-refractivity contribution is 7.14. The number of rotatable bonds is 11. The predicted octanol–water partition coefficient (Wildman–Crippen LogP) is 6.61. The molecule has 11 nitrogen and oxygen atoms in total. The van der Waals surface area contributed by atoms with Crippen LogP contribution in [-0.4, -0.2) is 72.3 Å². The van der Waals surface area contributed by atoms with Crippen LogP contribution in [0.15, 0.2) is 60.9 Å². The number of carboxylic acid groups (broad SMARTS) is 1. The number of carboxylic acids is 1. The molecular weight excluding hydrogens is 693 g/mol. The first kappa shape index (κ1) is 34.6. The van der Waals surface area contributed by atoms with Gasteiger partial charge in [-0.1, -0.05) is 41.4 Å². The van der Waals surface area contributed by atoms with E-state index in [0.29, 0.717) is 39.6 Å². The first-order valence-electron chi connectivity index (χ1n) is 15.7. The molecular formula is C35H36Cl2N3O8S+. The molecule has 0 aliphatic carbocycles. The summed E-state index contributed by atoms with van der Waals surface area (Å²) >= 11 is 14.1. The Morgan fingerprint density at radius 2 is 1.73 bits per heavy atom. The number of pyridine rings is 1. The van der Waals surface area contributed by atoms with Crippen LogP contribution in [-0.2, 0) is 17.7 Å². The second kappa shape index (κ2) is 14.7. The quantitative estimate of drug-likeness (QED) is 0.115. The molecule has 258 valence electrons. The lowest BCUT2D eigenvalue weighted by Crippen LogP contribution is -2.53. The Morgan fingerprint density at radius 1 is 1.04 bits per heavy atom. The van der Waals surface area contributed by atoms with Crippen molar-refractivity contribution in [1.29, 1.82) is 0 Å². The number of aromatic carboxylic acids is 1. The average molecular weight is 730 g/mol. The number of carbonyl (C=O) groups is 2. The molecule has 3 aliphatic rings. The number of ether oxygens (including phenoxy) is 3. The molecule has 49 heavy (non-hydrogen) atoms. The van der Waals surface area contributed by atoms with Crippen molar-refractivity contribution >= 4 is 52.3 Å². The van der Waals surface area contributed by atoms with Gasteiger partial charge in [0.2, 0.25) is 12.4 Å². The van der Waals surface area contributed by atoms with E-state index in [4.69, 9.17) is 37.4 Å². The summed E-state index contributed by atoms with van der Waals surface area (Å²) in [5, 5.41) is 31.7. The molecule has 2 atom stereocenters. The van der Waals surface area contributed by atoms with Crippen LogP contribution < -0.4 is 19.1 Å². The summed E-state index contributed by atoms with van der Waals surface area (Å²) in [5.41, 5.74) is 1.89. The number of para-hydroxylation sites is 2. The van der Waals surface area contributed by atoms with Gasteiger partial charge >= 0.3 is 12.1 Å². The fourth-order valence-corrected chi connectivity index (χ4v) is 8.37. The van der Waals surface area contributed by atoms with Gasteiger partial charge < -0.3 is 24.4 Å². The van der Waals surface area contributed by atoms with Gasteiger partial charge in [-0.05, 0) is 79.7 Å². The number of piperidine rings is 3. The number of hydrogen-bond donors (Lipinski definition) is 3. The zero-order valence-corrected chi connectivity index (χ0v) is 29.2. The van der Waals surface area contributed by atoms with E-state index in [9.17, 15) is 25.0 Å². The first-order chi connectivity index (χ1) is 23.6. The topological polar surface area (TPSA) is 133 Å². The van der Waals surface area contributed by atoms with Crippen LogP contribution in [0, 0.1) is 5.92 Å². The molecule has 0 radical (unpaired) electrons. The van der Waals surface area contributed by atoms with Gasteiger partial charge in [0.15, 0.2) is 11.5 Å². The summed E-state index contributed by atoms with van der Waals surface area (Å²) in [6, 6.07) is 13.5. The Hall–Kier alpha value is -4.23. The summed E-state index contributed by atoms with van der Waals surface area (Å²) in [6.07, 6.45) is 3.78. The smallest absolute Gasteiger partial charge is 0.415 e. The largest absolute Gasteiger partial charge is 0.506 e. The van der Waals surface area contributed by atoms with E-state index in [1.807, 2.05) is 6.07 Å². The lowest BCUT2D eigenvalue weighted by atomic mass is 9.85. The molecule has 2 aromatic carbocycles. The Bertz CT molecular complexity index is 1840. The molecule has 1 amide bonds. The number of aromatic nitrogens is 1. The maximum atomic E-state index is 13.9. The summed E-state index contributed by atoms with van der Waals surface area (Å²) in [5.74, 6) is -0.673. The van der Waals surface area contributed by atoms with Crippen LogP contribution >= 0.6 is 34.5 Å². The number of nitrogens with zero attached hydrogens (tertiary/aromatic N) is 3. The lowest BCUT2D eigenvalue weighted by Gasteiger charge is -2.44. The fraction of sp³-hybridized carbons (Fsp3) is 0.343. The summed E-state index contributed by atoms with van der Waals surface area (Å²) in [4.78, 5) is 31.0. The number of amides is 1. The summed E-state index contributed by atoms with van der Waals surface area (Å²) in [7, 11) is 3.03. The predicted molar refractivity (Wildman–Crippen MR) is 184 cm³/mol. The number of benzene rings is 2. The maximum Gasteiger partial charge on any atom is 0.415 e. The van der Waals surface area contributed by atoms with Crippen molar-refractivity contribution in [2.24, 2.45) is 5.92 Å². The van der Waals surface area contributed by atoms with E-state index >= 15 is 0 Å². The number of hydrogen-bond acceptors (Lipinski definition) is 9. The Kier molecular flexibility index (Phi) is 10.4. The third-order valence-electron chi connectivity index (χ3n) is 9.22. The molecule has 0 unspecified atom stereocenters. The van der Waals surface area contributed by atoms with Crippen molar-refractivity contribution in [3.05, 3.63) is 97.4 Å². The van der Waals surface area contributed by atoms with Crippen molar-refractivity contribution in [3.8, 4) is 17.2 Å². The van der Waals surface area contributed by atoms with Crippen molar-refractivity contribution < 1.29 is 44.0 Å². The molecule has 2 aromatic heterocycles. The zero-order chi connectivity index (χ0) is 34.8. The van der Waals surface area contributed by atoms with Crippen LogP contribution in [0.2, 0.25) is 10.0 Å². The minimum atomic E-state index is -1.15. The lowest BCUT2D eigenvalue weighted by molar-refractivity contribution is -0.904. The number of carbonyl (C=O) groups excluding carboxylic acids is 1. The molecule has 2 bridgehead atoms. The van der Waals surface area contributed by atoms with E-state index in [1.165, 1.54) is 37.6 Å². The van der Waals surface area contributed by atoms with Crippen LogP contribution in [0.3, 0.4) is 0 Å². The summed E-state index contributed by atoms with van der Waals surface area (Å²) in [6.45, 7) is 2.57. The molecule has 4 aromatic rings. The average Bonchev–Trinajstić information content (AvgIpc) is 3.51. The first-order valence-corrected chi connectivity index (χ1v) is 17.3. The van der Waals surface area contributed by atoms with Crippen molar-refractivity contribution in [2.45, 2.75) is 37.8 Å². The molecule has 3 saturated heterocycles. The monoisotopic (exact) mass is 728 g/mol. The molecule has 5 heterocycles. The number of anilines is 1. The van der Waals surface area contributed by atoms with Gasteiger partial charge in [-0.25, -0.2) is 9.59 Å². The van der Waals surface area contributed by atoms with E-state index < -0.39 is 18.0 Å². The number of phenolic OH excluding ortho intramolecular Hbond substituents is 1. The maximum absolute atomic E-state index is 13.9. The molecule has 7 rings (SSSR count). The van der Waals surface area contributed by atoms with Crippen molar-refractivity contribution in [3.63, 3.8) is 0 Å². The number of methoxy groups -OCH3 is 2. The second-order valence-electron chi connectivity index (χ2n) is 12.1. The SMILES string of the molecule is COc1ccc([C@H](Cc2c(Cl)c[n+](O)cc2Cl)c2cc(CN(C(=O)O[C@H]3CN4CCC3CC4)c3ccccc3O)sc2C(=O)O)cc1OC. The number of phenols is 1. The third-order valence-corrected chi connectivity index (χ3v) is 11.0. The highest BCUT2D eigenvalue weighted by Gasteiger charge is 2.38. The Balaban J connectivity index is 1.41. The van der Waals surface area contributed by atoms with Gasteiger partial charge in [-0.2, -0.15) is 0 Å². The van der Waals surface area contributed by atoms with Gasteiger partial charge in [0.1, 0.15) is 26.8 Å². The highest BCUT2D eigenvalue weighted by atomic mass is 35.5. The highest BCUT2D eigenvalue weighted by Crippen LogP contribution is 2.42. The molecule has 3 fully saturated rings. The van der Waals surface area contributed by atoms with Gasteiger partial charge in [0, 0.05) is 27.6 Å². The molecule has 3 N–H and O–H groups in total. The number of thiophene rings is 1. The molecule has 0 saturated carbocycles. The normalized spacial score (nSPS) is 18.9. The van der Waals surface area contributed by atoms with Gasteiger partial charge in [-0.3, -0.25) is 15.0 Å². The van der Waals surface area contributed by atoms with Gasteiger partial charge in [0.05, 0.1) is 26.5 Å². The van der Waals surface area contributed by atoms with E-state index in [1.54, 1.807) is 36.4 Å².